The van der Waals surface area contributed by atoms with Crippen LogP contribution in [0.15, 0.2) is 28.9 Å². The molecule has 0 radical (unpaired) electrons. The van der Waals surface area contributed by atoms with Gasteiger partial charge >= 0.3 is 0 Å². The van der Waals surface area contributed by atoms with E-state index in [1.807, 2.05) is 18.2 Å². The van der Waals surface area contributed by atoms with Gasteiger partial charge in [0.1, 0.15) is 0 Å². The molecule has 1 aromatic heterocycles. The van der Waals surface area contributed by atoms with Gasteiger partial charge in [0.25, 0.3) is 0 Å². The minimum Gasteiger partial charge on any atom is -0.396 e. The number of aliphatic hydroxyl groups excluding tert-OH is 1. The monoisotopic (exact) mass is 342 g/mol. The third-order valence-corrected chi connectivity index (χ3v) is 3.77. The van der Waals surface area contributed by atoms with Crippen LogP contribution in [-0.2, 0) is 0 Å². The van der Waals surface area contributed by atoms with Gasteiger partial charge in [0.05, 0.1) is 10.5 Å². The van der Waals surface area contributed by atoms with Crippen LogP contribution in [0.3, 0.4) is 0 Å². The van der Waals surface area contributed by atoms with Gasteiger partial charge in [-0.3, -0.25) is 4.98 Å². The second-order valence-electron chi connectivity index (χ2n) is 4.64. The van der Waals surface area contributed by atoms with Crippen LogP contribution in [0.5, 0.6) is 0 Å². The lowest BCUT2D eigenvalue weighted by molar-refractivity contribution is 0.266. The fourth-order valence-electron chi connectivity index (χ4n) is 1.94. The molecule has 0 aliphatic rings. The number of hydrogen-bond donors (Lipinski definition) is 2. The van der Waals surface area contributed by atoms with E-state index in [1.54, 1.807) is 6.20 Å². The van der Waals surface area contributed by atoms with Crippen molar-refractivity contribution in [1.29, 1.82) is 0 Å². The number of aliphatic hydroxyl groups is 1. The summed E-state index contributed by atoms with van der Waals surface area (Å²) in [5, 5.41) is 13.9. The van der Waals surface area contributed by atoms with E-state index in [1.165, 1.54) is 0 Å². The van der Waals surface area contributed by atoms with Gasteiger partial charge in [0.2, 0.25) is 0 Å². The predicted molar refractivity (Wildman–Crippen MR) is 83.8 cm³/mol. The summed E-state index contributed by atoms with van der Waals surface area (Å²) in [5.41, 5.74) is 1.81. The third kappa shape index (κ3) is 3.59. The van der Waals surface area contributed by atoms with Crippen LogP contribution in [-0.4, -0.2) is 23.2 Å². The quantitative estimate of drug-likeness (QED) is 0.860. The summed E-state index contributed by atoms with van der Waals surface area (Å²) < 4.78 is 0.935. The van der Waals surface area contributed by atoms with Gasteiger partial charge in [0, 0.05) is 34.9 Å². The van der Waals surface area contributed by atoms with Gasteiger partial charge in [0.15, 0.2) is 0 Å². The standard InChI is InChI=1S/C14H16BrClN2O/c1-9(3-5-19)8-18-13-2-4-17-14-11(13)6-10(15)7-12(14)16/h2,4,6-7,9,19H,3,5,8H2,1H3,(H,17,18). The normalized spacial score (nSPS) is 12.6. The number of hydrogen-bond acceptors (Lipinski definition) is 3. The second-order valence-corrected chi connectivity index (χ2v) is 5.96. The summed E-state index contributed by atoms with van der Waals surface area (Å²) in [4.78, 5) is 4.31. The summed E-state index contributed by atoms with van der Waals surface area (Å²) in [6.45, 7) is 3.14. The van der Waals surface area contributed by atoms with Crippen molar-refractivity contribution in [3.63, 3.8) is 0 Å². The van der Waals surface area contributed by atoms with Gasteiger partial charge in [-0.2, -0.15) is 0 Å². The molecule has 0 aliphatic heterocycles. The van der Waals surface area contributed by atoms with Crippen LogP contribution >= 0.6 is 27.5 Å². The lowest BCUT2D eigenvalue weighted by atomic mass is 10.1. The Balaban J connectivity index is 2.28. The average molecular weight is 344 g/mol. The number of halogens is 2. The molecule has 0 fully saturated rings. The smallest absolute Gasteiger partial charge is 0.0909 e. The Labute approximate surface area is 126 Å². The zero-order valence-corrected chi connectivity index (χ0v) is 13.0. The van der Waals surface area contributed by atoms with E-state index in [4.69, 9.17) is 16.7 Å². The predicted octanol–water partition coefficient (Wildman–Crippen LogP) is 4.08. The van der Waals surface area contributed by atoms with Crippen molar-refractivity contribution >= 4 is 44.1 Å². The zero-order valence-electron chi connectivity index (χ0n) is 10.7. The van der Waals surface area contributed by atoms with Crippen molar-refractivity contribution in [3.05, 3.63) is 33.9 Å². The van der Waals surface area contributed by atoms with Gasteiger partial charge in [-0.25, -0.2) is 0 Å². The molecule has 0 spiro atoms. The zero-order chi connectivity index (χ0) is 13.8. The number of fused-ring (bicyclic) bond motifs is 1. The second kappa shape index (κ2) is 6.55. The summed E-state index contributed by atoms with van der Waals surface area (Å²) in [5.74, 6) is 0.413. The molecule has 1 atom stereocenters. The maximum Gasteiger partial charge on any atom is 0.0909 e. The lowest BCUT2D eigenvalue weighted by Gasteiger charge is -2.14. The summed E-state index contributed by atoms with van der Waals surface area (Å²) in [6, 6.07) is 5.79. The minimum absolute atomic E-state index is 0.220. The molecule has 1 aromatic carbocycles. The SMILES string of the molecule is CC(CCO)CNc1ccnc2c(Cl)cc(Br)cc12. The molecule has 2 N–H and O–H groups in total. The van der Waals surface area contributed by atoms with Crippen molar-refractivity contribution in [2.75, 3.05) is 18.5 Å². The number of nitrogens with zero attached hydrogens (tertiary/aromatic N) is 1. The molecule has 0 aliphatic carbocycles. The van der Waals surface area contributed by atoms with Crippen molar-refractivity contribution < 1.29 is 5.11 Å². The first kappa shape index (κ1) is 14.6. The Bertz CT molecular complexity index is 577. The van der Waals surface area contributed by atoms with E-state index in [0.29, 0.717) is 10.9 Å². The minimum atomic E-state index is 0.220. The van der Waals surface area contributed by atoms with Crippen molar-refractivity contribution in [2.24, 2.45) is 5.92 Å². The molecule has 0 amide bonds. The maximum atomic E-state index is 8.92. The van der Waals surface area contributed by atoms with E-state index in [-0.39, 0.29) is 6.61 Å². The number of aromatic nitrogens is 1. The first-order valence-corrected chi connectivity index (χ1v) is 7.37. The summed E-state index contributed by atoms with van der Waals surface area (Å²) >= 11 is 9.64. The number of anilines is 1. The van der Waals surface area contributed by atoms with Gasteiger partial charge in [-0.15, -0.1) is 0 Å². The van der Waals surface area contributed by atoms with Gasteiger partial charge in [-0.1, -0.05) is 34.5 Å². The molecule has 1 unspecified atom stereocenters. The van der Waals surface area contributed by atoms with Crippen LogP contribution in [0.1, 0.15) is 13.3 Å². The Hall–Kier alpha value is -0.840. The molecule has 2 rings (SSSR count). The Kier molecular flexibility index (Phi) is 5.02. The first-order valence-electron chi connectivity index (χ1n) is 6.20. The average Bonchev–Trinajstić information content (AvgIpc) is 2.36. The molecular weight excluding hydrogens is 328 g/mol. The molecule has 5 heteroatoms. The topological polar surface area (TPSA) is 45.1 Å². The largest absolute Gasteiger partial charge is 0.396 e. The number of pyridine rings is 1. The highest BCUT2D eigenvalue weighted by Gasteiger charge is 2.08. The molecule has 0 saturated heterocycles. The Morgan fingerprint density at radius 3 is 3.00 bits per heavy atom. The van der Waals surface area contributed by atoms with Crippen LogP contribution < -0.4 is 5.32 Å². The van der Waals surface area contributed by atoms with E-state index in [0.717, 1.165) is 34.0 Å². The number of rotatable bonds is 5. The first-order chi connectivity index (χ1) is 9.11. The molecule has 1 heterocycles. The van der Waals surface area contributed by atoms with Gasteiger partial charge < -0.3 is 10.4 Å². The number of benzene rings is 1. The van der Waals surface area contributed by atoms with Crippen molar-refractivity contribution in [1.82, 2.24) is 4.98 Å². The van der Waals surface area contributed by atoms with E-state index in [9.17, 15) is 0 Å². The molecule has 19 heavy (non-hydrogen) atoms. The van der Waals surface area contributed by atoms with Crippen molar-refractivity contribution in [2.45, 2.75) is 13.3 Å². The van der Waals surface area contributed by atoms with Gasteiger partial charge in [-0.05, 0) is 30.5 Å². The molecule has 0 saturated carbocycles. The fourth-order valence-corrected chi connectivity index (χ4v) is 2.80. The summed E-state index contributed by atoms with van der Waals surface area (Å²) in [6.07, 6.45) is 2.54. The van der Waals surface area contributed by atoms with Crippen LogP contribution in [0.4, 0.5) is 5.69 Å². The molecule has 0 bridgehead atoms. The number of nitrogens with one attached hydrogen (secondary N) is 1. The maximum absolute atomic E-state index is 8.92. The molecule has 2 aromatic rings. The highest BCUT2D eigenvalue weighted by atomic mass is 79.9. The van der Waals surface area contributed by atoms with E-state index in [2.05, 4.69) is 33.2 Å². The van der Waals surface area contributed by atoms with Crippen molar-refractivity contribution in [3.8, 4) is 0 Å². The van der Waals surface area contributed by atoms with Crippen LogP contribution in [0.25, 0.3) is 10.9 Å². The lowest BCUT2D eigenvalue weighted by Crippen LogP contribution is -2.12. The molecule has 102 valence electrons. The van der Waals surface area contributed by atoms with E-state index >= 15 is 0 Å². The highest BCUT2D eigenvalue weighted by molar-refractivity contribution is 9.10. The highest BCUT2D eigenvalue weighted by Crippen LogP contribution is 2.31. The Morgan fingerprint density at radius 1 is 1.47 bits per heavy atom. The Morgan fingerprint density at radius 2 is 2.26 bits per heavy atom. The fraction of sp³-hybridized carbons (Fsp3) is 0.357. The third-order valence-electron chi connectivity index (χ3n) is 3.03. The molecular formula is C14H16BrClN2O. The van der Waals surface area contributed by atoms with E-state index < -0.39 is 0 Å². The van der Waals surface area contributed by atoms with Crippen LogP contribution in [0, 0.1) is 5.92 Å². The molecule has 3 nitrogen and oxygen atoms in total. The summed E-state index contributed by atoms with van der Waals surface area (Å²) in [7, 11) is 0. The van der Waals surface area contributed by atoms with Crippen LogP contribution in [0.2, 0.25) is 5.02 Å².